The molecule has 0 spiro atoms. The molecule has 0 saturated heterocycles. The zero-order valence-electron chi connectivity index (χ0n) is 11.9. The monoisotopic (exact) mass is 235 g/mol. The van der Waals surface area contributed by atoms with Crippen molar-refractivity contribution in [2.45, 2.75) is 34.6 Å². The van der Waals surface area contributed by atoms with Crippen molar-refractivity contribution in [1.29, 1.82) is 0 Å². The van der Waals surface area contributed by atoms with Crippen molar-refractivity contribution >= 4 is 5.69 Å². The average molecular weight is 235 g/mol. The van der Waals surface area contributed by atoms with Crippen LogP contribution in [-0.2, 0) is 0 Å². The summed E-state index contributed by atoms with van der Waals surface area (Å²) in [4.78, 5) is 0. The van der Waals surface area contributed by atoms with Gasteiger partial charge in [0.15, 0.2) is 0 Å². The van der Waals surface area contributed by atoms with Gasteiger partial charge in [0.1, 0.15) is 5.75 Å². The van der Waals surface area contributed by atoms with Crippen molar-refractivity contribution in [3.05, 3.63) is 23.8 Å². The smallest absolute Gasteiger partial charge is 0.142 e. The standard InChI is InChI=1S/C15H25NO/c1-11-7-8-13(14(9-11)17-6)16-10-12(2)15(3,4)5/h7-9,12,16H,10H2,1-6H3. The maximum Gasteiger partial charge on any atom is 0.142 e. The fourth-order valence-electron chi connectivity index (χ4n) is 1.51. The number of nitrogens with one attached hydrogen (secondary N) is 1. The predicted octanol–water partition coefficient (Wildman–Crippen LogP) is 4.10. The zero-order chi connectivity index (χ0) is 13.1. The van der Waals surface area contributed by atoms with Crippen molar-refractivity contribution in [2.75, 3.05) is 19.0 Å². The quantitative estimate of drug-likeness (QED) is 0.848. The lowest BCUT2D eigenvalue weighted by atomic mass is 9.82. The molecule has 0 radical (unpaired) electrons. The van der Waals surface area contributed by atoms with Crippen LogP contribution in [0, 0.1) is 18.3 Å². The number of methoxy groups -OCH3 is 1. The van der Waals surface area contributed by atoms with Gasteiger partial charge in [-0.2, -0.15) is 0 Å². The highest BCUT2D eigenvalue weighted by molar-refractivity contribution is 5.57. The molecule has 1 aromatic carbocycles. The van der Waals surface area contributed by atoms with Crippen LogP contribution in [0.4, 0.5) is 5.69 Å². The number of rotatable bonds is 4. The molecule has 0 aliphatic rings. The molecule has 0 aromatic heterocycles. The maximum atomic E-state index is 5.38. The molecular formula is C15H25NO. The zero-order valence-corrected chi connectivity index (χ0v) is 11.9. The van der Waals surface area contributed by atoms with Crippen LogP contribution in [0.3, 0.4) is 0 Å². The first kappa shape index (κ1) is 13.9. The van der Waals surface area contributed by atoms with E-state index in [0.717, 1.165) is 18.0 Å². The fraction of sp³-hybridized carbons (Fsp3) is 0.600. The minimum atomic E-state index is 0.324. The van der Waals surface area contributed by atoms with E-state index >= 15 is 0 Å². The lowest BCUT2D eigenvalue weighted by Gasteiger charge is -2.28. The first-order valence-corrected chi connectivity index (χ1v) is 6.23. The largest absolute Gasteiger partial charge is 0.495 e. The van der Waals surface area contributed by atoms with Crippen molar-refractivity contribution in [3.63, 3.8) is 0 Å². The third kappa shape index (κ3) is 3.95. The third-order valence-corrected chi connectivity index (χ3v) is 3.43. The summed E-state index contributed by atoms with van der Waals surface area (Å²) >= 11 is 0. The lowest BCUT2D eigenvalue weighted by Crippen LogP contribution is -2.24. The van der Waals surface area contributed by atoms with Crippen LogP contribution in [0.25, 0.3) is 0 Å². The van der Waals surface area contributed by atoms with Gasteiger partial charge in [-0.25, -0.2) is 0 Å². The minimum Gasteiger partial charge on any atom is -0.495 e. The first-order chi connectivity index (χ1) is 7.84. The van der Waals surface area contributed by atoms with E-state index in [1.54, 1.807) is 7.11 Å². The first-order valence-electron chi connectivity index (χ1n) is 6.23. The Balaban J connectivity index is 2.69. The maximum absolute atomic E-state index is 5.38. The Bertz CT molecular complexity index is 366. The molecule has 0 bridgehead atoms. The summed E-state index contributed by atoms with van der Waals surface area (Å²) in [7, 11) is 1.72. The molecule has 0 amide bonds. The van der Waals surface area contributed by atoms with E-state index in [0.29, 0.717) is 11.3 Å². The number of anilines is 1. The molecule has 17 heavy (non-hydrogen) atoms. The van der Waals surface area contributed by atoms with Crippen LogP contribution in [0.15, 0.2) is 18.2 Å². The highest BCUT2D eigenvalue weighted by Gasteiger charge is 2.19. The normalized spacial score (nSPS) is 13.3. The summed E-state index contributed by atoms with van der Waals surface area (Å²) < 4.78 is 5.38. The molecule has 96 valence electrons. The molecule has 1 atom stereocenters. The SMILES string of the molecule is COc1cc(C)ccc1NCC(C)C(C)(C)C. The van der Waals surface area contributed by atoms with Gasteiger partial charge in [0.05, 0.1) is 12.8 Å². The Morgan fingerprint density at radius 1 is 1.29 bits per heavy atom. The number of hydrogen-bond acceptors (Lipinski definition) is 2. The van der Waals surface area contributed by atoms with Crippen LogP contribution >= 0.6 is 0 Å². The molecule has 1 unspecified atom stereocenters. The second-order valence-corrected chi connectivity index (χ2v) is 5.85. The second-order valence-electron chi connectivity index (χ2n) is 5.85. The molecule has 0 saturated carbocycles. The summed E-state index contributed by atoms with van der Waals surface area (Å²) in [5.41, 5.74) is 2.62. The highest BCUT2D eigenvalue weighted by atomic mass is 16.5. The summed E-state index contributed by atoms with van der Waals surface area (Å²) in [5.74, 6) is 1.53. The summed E-state index contributed by atoms with van der Waals surface area (Å²) in [6.45, 7) is 12.1. The minimum absolute atomic E-state index is 0.324. The molecule has 1 rings (SSSR count). The van der Waals surface area contributed by atoms with Gasteiger partial charge >= 0.3 is 0 Å². The van der Waals surface area contributed by atoms with Gasteiger partial charge in [-0.1, -0.05) is 33.8 Å². The van der Waals surface area contributed by atoms with Gasteiger partial charge in [0, 0.05) is 6.54 Å². The summed E-state index contributed by atoms with van der Waals surface area (Å²) in [5, 5.41) is 3.47. The number of hydrogen-bond donors (Lipinski definition) is 1. The van der Waals surface area contributed by atoms with Crippen LogP contribution in [0.5, 0.6) is 5.75 Å². The van der Waals surface area contributed by atoms with Crippen molar-refractivity contribution in [1.82, 2.24) is 0 Å². The highest BCUT2D eigenvalue weighted by Crippen LogP contribution is 2.29. The second kappa shape index (κ2) is 5.44. The Morgan fingerprint density at radius 3 is 2.47 bits per heavy atom. The Kier molecular flexibility index (Phi) is 4.44. The Labute approximate surface area is 105 Å². The predicted molar refractivity (Wildman–Crippen MR) is 74.8 cm³/mol. The van der Waals surface area contributed by atoms with Gasteiger partial charge in [-0.15, -0.1) is 0 Å². The van der Waals surface area contributed by atoms with Crippen LogP contribution in [-0.4, -0.2) is 13.7 Å². The molecule has 2 heteroatoms. The van der Waals surface area contributed by atoms with E-state index in [-0.39, 0.29) is 0 Å². The summed E-state index contributed by atoms with van der Waals surface area (Å²) in [6.07, 6.45) is 0. The molecule has 0 fully saturated rings. The fourth-order valence-corrected chi connectivity index (χ4v) is 1.51. The van der Waals surface area contributed by atoms with E-state index in [1.165, 1.54) is 5.56 Å². The van der Waals surface area contributed by atoms with Gasteiger partial charge < -0.3 is 10.1 Å². The van der Waals surface area contributed by atoms with E-state index in [2.05, 4.69) is 58.1 Å². The topological polar surface area (TPSA) is 21.3 Å². The molecule has 0 aliphatic carbocycles. The molecular weight excluding hydrogens is 210 g/mol. The van der Waals surface area contributed by atoms with Crippen molar-refractivity contribution in [3.8, 4) is 5.75 Å². The molecule has 2 nitrogen and oxygen atoms in total. The van der Waals surface area contributed by atoms with Gasteiger partial charge in [0.25, 0.3) is 0 Å². The van der Waals surface area contributed by atoms with E-state index in [4.69, 9.17) is 4.74 Å². The molecule has 1 aromatic rings. The number of aryl methyl sites for hydroxylation is 1. The number of benzene rings is 1. The van der Waals surface area contributed by atoms with Gasteiger partial charge in [0.2, 0.25) is 0 Å². The van der Waals surface area contributed by atoms with Crippen LogP contribution < -0.4 is 10.1 Å². The van der Waals surface area contributed by atoms with Crippen LogP contribution in [0.2, 0.25) is 0 Å². The average Bonchev–Trinajstić information content (AvgIpc) is 2.25. The van der Waals surface area contributed by atoms with Crippen molar-refractivity contribution in [2.24, 2.45) is 11.3 Å². The van der Waals surface area contributed by atoms with E-state index in [9.17, 15) is 0 Å². The van der Waals surface area contributed by atoms with E-state index in [1.807, 2.05) is 0 Å². The van der Waals surface area contributed by atoms with Crippen molar-refractivity contribution < 1.29 is 4.74 Å². The van der Waals surface area contributed by atoms with E-state index < -0.39 is 0 Å². The van der Waals surface area contributed by atoms with Crippen LogP contribution in [0.1, 0.15) is 33.3 Å². The van der Waals surface area contributed by atoms with Gasteiger partial charge in [-0.05, 0) is 36.0 Å². The van der Waals surface area contributed by atoms with Gasteiger partial charge in [-0.3, -0.25) is 0 Å². The summed E-state index contributed by atoms with van der Waals surface area (Å²) in [6, 6.07) is 6.25. The molecule has 1 N–H and O–H groups in total. The third-order valence-electron chi connectivity index (χ3n) is 3.43. The Hall–Kier alpha value is -1.18. The molecule has 0 heterocycles. The lowest BCUT2D eigenvalue weighted by molar-refractivity contribution is 0.274. The number of ether oxygens (including phenoxy) is 1. The molecule has 0 aliphatic heterocycles. The Morgan fingerprint density at radius 2 is 1.94 bits per heavy atom.